The van der Waals surface area contributed by atoms with E-state index in [0.29, 0.717) is 0 Å². The van der Waals surface area contributed by atoms with Gasteiger partial charge in [-0.05, 0) is 23.7 Å². The van der Waals surface area contributed by atoms with Crippen LogP contribution in [-0.4, -0.2) is 17.9 Å². The van der Waals surface area contributed by atoms with Gasteiger partial charge in [-0.25, -0.2) is 8.42 Å². The summed E-state index contributed by atoms with van der Waals surface area (Å²) in [6.45, 7) is 0. The van der Waals surface area contributed by atoms with E-state index in [0.717, 1.165) is 12.1 Å². The van der Waals surface area contributed by atoms with E-state index in [4.69, 9.17) is 11.6 Å². The largest absolute Gasteiger partial charge is 1.00 e. The van der Waals surface area contributed by atoms with Crippen molar-refractivity contribution in [3.8, 4) is 0 Å². The van der Waals surface area contributed by atoms with Crippen LogP contribution in [0.1, 0.15) is 5.56 Å². The molecule has 0 radical (unpaired) electrons. The summed E-state index contributed by atoms with van der Waals surface area (Å²) < 4.78 is 29.1. The number of rotatable bonds is 3. The van der Waals surface area contributed by atoms with E-state index in [9.17, 15) is 23.1 Å². The van der Waals surface area contributed by atoms with Crippen LogP contribution in [0, 0.1) is 10.1 Å². The first-order valence-electron chi connectivity index (χ1n) is 3.64. The molecule has 9 heteroatoms. The van der Waals surface area contributed by atoms with Crippen LogP contribution in [0.5, 0.6) is 0 Å². The molecule has 0 heterocycles. The number of halogens is 1. The molecule has 0 aromatic heterocycles. The number of benzene rings is 1. The Kier molecular flexibility index (Phi) is 5.37. The Labute approximate surface area is 119 Å². The summed E-state index contributed by atoms with van der Waals surface area (Å²) in [6, 6.07) is 6.41. The Bertz CT molecular complexity index is 479. The summed E-state index contributed by atoms with van der Waals surface area (Å²) in [5.74, 6) is 0. The molecule has 1 aromatic carbocycles. The summed E-state index contributed by atoms with van der Waals surface area (Å²) in [6.07, 6.45) is 0. The smallest absolute Gasteiger partial charge is 0.741 e. The van der Waals surface area contributed by atoms with Crippen LogP contribution in [0.2, 0.25) is 0 Å². The van der Waals surface area contributed by atoms with Gasteiger partial charge in [0.1, 0.15) is 0 Å². The molecule has 1 rings (SSSR count). The fraction of sp³-hybridized carbons (Fsp3) is 0.143. The van der Waals surface area contributed by atoms with E-state index in [1.807, 2.05) is 0 Å². The van der Waals surface area contributed by atoms with Gasteiger partial charge in [0, 0.05) is 0 Å². The molecule has 0 spiro atoms. The zero-order valence-electron chi connectivity index (χ0n) is 8.16. The van der Waals surface area contributed by atoms with Gasteiger partial charge in [0.25, 0.3) is 0 Å². The van der Waals surface area contributed by atoms with Crippen molar-refractivity contribution in [2.45, 2.75) is 4.33 Å². The molecule has 0 aliphatic carbocycles. The second-order valence-electron chi connectivity index (χ2n) is 2.64. The molecule has 0 saturated heterocycles. The Morgan fingerprint density at radius 1 is 1.25 bits per heavy atom. The maximum absolute atomic E-state index is 10.8. The summed E-state index contributed by atoms with van der Waals surface area (Å²) in [5, 5.41) is 10.6. The number of nitrogens with zero attached hydrogens (tertiary/aromatic N) is 1. The first-order valence-corrected chi connectivity index (χ1v) is 5.43. The predicted octanol–water partition coefficient (Wildman–Crippen LogP) is -2.14. The Hall–Kier alpha value is -0.180. The van der Waals surface area contributed by atoms with Gasteiger partial charge < -0.3 is 4.55 Å². The molecule has 0 aliphatic rings. The monoisotopic (exact) mass is 273 g/mol. The minimum Gasteiger partial charge on any atom is -0.741 e. The molecule has 0 aliphatic heterocycles. The van der Waals surface area contributed by atoms with Gasteiger partial charge in [-0.15, -0.1) is 0 Å². The number of hydrogen-bond donors (Lipinski definition) is 0. The van der Waals surface area contributed by atoms with Gasteiger partial charge in [0.15, 0.2) is 10.1 Å². The fourth-order valence-electron chi connectivity index (χ4n) is 0.985. The zero-order chi connectivity index (χ0) is 11.7. The quantitative estimate of drug-likeness (QED) is 0.156. The molecule has 1 unspecified atom stereocenters. The van der Waals surface area contributed by atoms with Crippen LogP contribution in [0.3, 0.4) is 0 Å². The Balaban J connectivity index is 0.00000225. The second-order valence-corrected chi connectivity index (χ2v) is 4.91. The van der Waals surface area contributed by atoms with E-state index in [1.165, 1.54) is 18.2 Å². The first kappa shape index (κ1) is 15.8. The fourth-order valence-corrected chi connectivity index (χ4v) is 1.72. The van der Waals surface area contributed by atoms with Crippen molar-refractivity contribution in [3.63, 3.8) is 0 Å². The molecule has 6 nitrogen and oxygen atoms in total. The second kappa shape index (κ2) is 5.44. The van der Waals surface area contributed by atoms with Gasteiger partial charge in [-0.2, -0.15) is 0 Å². The van der Waals surface area contributed by atoms with Crippen LogP contribution in [0.4, 0.5) is 0 Å². The van der Waals surface area contributed by atoms with E-state index >= 15 is 0 Å². The maximum Gasteiger partial charge on any atom is 1.00 e. The molecule has 82 valence electrons. The summed E-state index contributed by atoms with van der Waals surface area (Å²) in [7, 11) is -5.30. The van der Waals surface area contributed by atoms with Gasteiger partial charge in [0.05, 0.1) is 10.5 Å². The van der Waals surface area contributed by atoms with E-state index in [2.05, 4.69) is 0 Å². The molecular weight excluding hydrogens is 269 g/mol. The molecular formula is C7H5ClNNaO5S. The molecule has 0 amide bonds. The average molecular weight is 274 g/mol. The maximum atomic E-state index is 10.8. The molecule has 16 heavy (non-hydrogen) atoms. The summed E-state index contributed by atoms with van der Waals surface area (Å²) >= 11 is 5.28. The van der Waals surface area contributed by atoms with E-state index in [1.54, 1.807) is 0 Å². The zero-order valence-corrected chi connectivity index (χ0v) is 11.7. The van der Waals surface area contributed by atoms with Crippen LogP contribution in [0.25, 0.3) is 0 Å². The Morgan fingerprint density at radius 3 is 2.00 bits per heavy atom. The first-order chi connectivity index (χ1) is 6.80. The topological polar surface area (TPSA) is 100 Å². The summed E-state index contributed by atoms with van der Waals surface area (Å²) in [5.41, 5.74) is -0.383. The van der Waals surface area contributed by atoms with Gasteiger partial charge in [-0.3, -0.25) is 10.1 Å². The molecule has 0 saturated carbocycles. The van der Waals surface area contributed by atoms with Crippen molar-refractivity contribution in [1.82, 2.24) is 0 Å². The molecule has 1 aromatic rings. The van der Waals surface area contributed by atoms with Crippen molar-refractivity contribution < 1.29 is 47.5 Å². The van der Waals surface area contributed by atoms with E-state index < -0.39 is 19.4 Å². The molecule has 1 atom stereocenters. The number of alkyl halides is 1. The van der Waals surface area contributed by atoms with Crippen LogP contribution in [0.15, 0.2) is 30.3 Å². The van der Waals surface area contributed by atoms with Crippen molar-refractivity contribution in [2.75, 3.05) is 0 Å². The molecule has 0 fully saturated rings. The van der Waals surface area contributed by atoms with Gasteiger partial charge in [-0.1, -0.05) is 18.2 Å². The number of nitro groups is 1. The SMILES string of the molecule is O=[N+]([O-])C(Cl)(c1ccccc1)S(=O)(=O)[O-].[Na+]. The van der Waals surface area contributed by atoms with Crippen molar-refractivity contribution in [2.24, 2.45) is 0 Å². The van der Waals surface area contributed by atoms with Crippen LogP contribution < -0.4 is 29.6 Å². The third-order valence-electron chi connectivity index (χ3n) is 1.70. The van der Waals surface area contributed by atoms with Crippen LogP contribution >= 0.6 is 11.6 Å². The third kappa shape index (κ3) is 2.73. The molecule has 0 N–H and O–H groups in total. The predicted molar refractivity (Wildman–Crippen MR) is 50.7 cm³/mol. The van der Waals surface area contributed by atoms with Gasteiger partial charge >= 0.3 is 33.9 Å². The van der Waals surface area contributed by atoms with Crippen LogP contribution in [-0.2, 0) is 14.4 Å². The minimum atomic E-state index is -5.30. The van der Waals surface area contributed by atoms with Crippen molar-refractivity contribution in [3.05, 3.63) is 46.0 Å². The summed E-state index contributed by atoms with van der Waals surface area (Å²) in [4.78, 5) is 9.24. The third-order valence-corrected chi connectivity index (χ3v) is 3.67. The number of hydrogen-bond acceptors (Lipinski definition) is 5. The van der Waals surface area contributed by atoms with Crippen molar-refractivity contribution in [1.29, 1.82) is 0 Å². The normalized spacial score (nSPS) is 14.6. The van der Waals surface area contributed by atoms with Gasteiger partial charge in [0.2, 0.25) is 0 Å². The minimum absolute atomic E-state index is 0. The Morgan fingerprint density at radius 2 is 1.69 bits per heavy atom. The standard InChI is InChI=1S/C7H6ClNO5S.Na/c8-7(9(10)11,15(12,13)14)6-4-2-1-3-5-6;/h1-5H,(H,12,13,14);/q;+1/p-1. The average Bonchev–Trinajstić information content (AvgIpc) is 2.16. The van der Waals surface area contributed by atoms with Crippen molar-refractivity contribution >= 4 is 21.7 Å². The van der Waals surface area contributed by atoms with E-state index in [-0.39, 0.29) is 35.1 Å². The molecule has 0 bridgehead atoms.